The molecule has 3 saturated heterocycles. The van der Waals surface area contributed by atoms with Crippen molar-refractivity contribution in [1.82, 2.24) is 4.90 Å². The largest absolute Gasteiger partial charge is 0.633 e. The highest BCUT2D eigenvalue weighted by Gasteiger charge is 2.48. The summed E-state index contributed by atoms with van der Waals surface area (Å²) in [5.74, 6) is 0.916. The molecule has 5 heteroatoms. The second kappa shape index (κ2) is 4.90. The molecule has 5 nitrogen and oxygen atoms in total. The Hall–Kier alpha value is -1.72. The fourth-order valence-electron chi connectivity index (χ4n) is 5.43. The summed E-state index contributed by atoms with van der Waals surface area (Å²) in [5.41, 5.74) is 2.42. The summed E-state index contributed by atoms with van der Waals surface area (Å²) in [6.45, 7) is 2.65. The zero-order valence-corrected chi connectivity index (χ0v) is 13.7. The molecular formula is C19H22N2O3. The van der Waals surface area contributed by atoms with Crippen LogP contribution in [-0.2, 0) is 0 Å². The molecule has 1 unspecified atom stereocenters. The SMILES string of the molecule is O=C1CC[C@@H]2CN(C3C[N+]4([O-])CCC3CC4)C(=O)c3cccc1c32. The number of benzene rings is 1. The lowest BCUT2D eigenvalue weighted by molar-refractivity contribution is -0.899. The van der Waals surface area contributed by atoms with Crippen molar-refractivity contribution in [2.45, 2.75) is 37.6 Å². The van der Waals surface area contributed by atoms with Gasteiger partial charge in [-0.05, 0) is 24.0 Å². The first-order valence-corrected chi connectivity index (χ1v) is 9.10. The molecule has 2 atom stereocenters. The van der Waals surface area contributed by atoms with E-state index in [2.05, 4.69) is 0 Å². The van der Waals surface area contributed by atoms with Crippen molar-refractivity contribution in [2.24, 2.45) is 5.92 Å². The van der Waals surface area contributed by atoms with Crippen LogP contribution in [0.5, 0.6) is 0 Å². The van der Waals surface area contributed by atoms with Crippen molar-refractivity contribution in [1.29, 1.82) is 0 Å². The third kappa shape index (κ3) is 1.94. The van der Waals surface area contributed by atoms with E-state index < -0.39 is 0 Å². The molecule has 4 heterocycles. The molecule has 1 aromatic rings. The molecule has 4 aliphatic heterocycles. The molecule has 3 fully saturated rings. The Morgan fingerprint density at radius 1 is 1.08 bits per heavy atom. The Kier molecular flexibility index (Phi) is 2.98. The van der Waals surface area contributed by atoms with E-state index in [1.54, 1.807) is 0 Å². The molecule has 1 aliphatic carbocycles. The summed E-state index contributed by atoms with van der Waals surface area (Å²) in [6.07, 6.45) is 3.27. The number of carbonyl (C=O) groups excluding carboxylic acids is 2. The summed E-state index contributed by atoms with van der Waals surface area (Å²) in [6, 6.07) is 5.63. The maximum absolute atomic E-state index is 13.1. The van der Waals surface area contributed by atoms with Crippen molar-refractivity contribution >= 4 is 11.7 Å². The van der Waals surface area contributed by atoms with Gasteiger partial charge >= 0.3 is 0 Å². The van der Waals surface area contributed by atoms with Crippen LogP contribution in [-0.4, -0.2) is 53.5 Å². The number of hydrogen-bond donors (Lipinski definition) is 0. The molecule has 2 bridgehead atoms. The smallest absolute Gasteiger partial charge is 0.254 e. The topological polar surface area (TPSA) is 60.4 Å². The number of ketones is 1. The van der Waals surface area contributed by atoms with Crippen molar-refractivity contribution in [3.63, 3.8) is 0 Å². The Morgan fingerprint density at radius 3 is 2.58 bits per heavy atom. The highest BCUT2D eigenvalue weighted by atomic mass is 16.5. The van der Waals surface area contributed by atoms with Crippen molar-refractivity contribution in [3.8, 4) is 0 Å². The molecule has 0 N–H and O–H groups in total. The Morgan fingerprint density at radius 2 is 1.83 bits per heavy atom. The van der Waals surface area contributed by atoms with Crippen LogP contribution >= 0.6 is 0 Å². The molecule has 0 spiro atoms. The zero-order valence-electron chi connectivity index (χ0n) is 13.7. The third-order valence-corrected chi connectivity index (χ3v) is 6.72. The van der Waals surface area contributed by atoms with Crippen LogP contribution in [0.2, 0.25) is 0 Å². The minimum absolute atomic E-state index is 0.0307. The van der Waals surface area contributed by atoms with Gasteiger partial charge in [0.1, 0.15) is 0 Å². The summed E-state index contributed by atoms with van der Waals surface area (Å²) in [5, 5.41) is 12.7. The minimum atomic E-state index is -0.124. The number of amides is 1. The first-order chi connectivity index (χ1) is 11.6. The lowest BCUT2D eigenvalue weighted by Gasteiger charge is -2.58. The van der Waals surface area contributed by atoms with Gasteiger partial charge in [-0.1, -0.05) is 12.1 Å². The molecule has 1 aromatic carbocycles. The van der Waals surface area contributed by atoms with Crippen LogP contribution in [0, 0.1) is 11.1 Å². The number of hydrogen-bond acceptors (Lipinski definition) is 3. The van der Waals surface area contributed by atoms with Gasteiger partial charge in [-0.25, -0.2) is 0 Å². The van der Waals surface area contributed by atoms with Crippen LogP contribution in [0.15, 0.2) is 18.2 Å². The summed E-state index contributed by atoms with van der Waals surface area (Å²) >= 11 is 0. The van der Waals surface area contributed by atoms with E-state index in [0.717, 1.165) is 30.4 Å². The number of carbonyl (C=O) groups is 2. The monoisotopic (exact) mass is 326 g/mol. The normalized spacial score (nSPS) is 37.5. The number of fused-ring (bicyclic) bond motifs is 3. The number of Topliss-reactive ketones (excluding diaryl/α,β-unsaturated/α-hetero) is 1. The lowest BCUT2D eigenvalue weighted by Crippen LogP contribution is -2.66. The molecular weight excluding hydrogens is 304 g/mol. The lowest BCUT2D eigenvalue weighted by atomic mass is 9.75. The van der Waals surface area contributed by atoms with Crippen molar-refractivity contribution < 1.29 is 14.2 Å². The molecule has 1 amide bonds. The summed E-state index contributed by atoms with van der Waals surface area (Å²) in [4.78, 5) is 27.3. The first kappa shape index (κ1) is 14.6. The Bertz CT molecular complexity index is 736. The summed E-state index contributed by atoms with van der Waals surface area (Å²) in [7, 11) is 0. The maximum Gasteiger partial charge on any atom is 0.254 e. The number of quaternary nitrogens is 1. The number of nitrogens with zero attached hydrogens (tertiary/aromatic N) is 2. The Balaban J connectivity index is 1.54. The van der Waals surface area contributed by atoms with Gasteiger partial charge in [-0.15, -0.1) is 0 Å². The average Bonchev–Trinajstić information content (AvgIpc) is 2.60. The van der Waals surface area contributed by atoms with Crippen LogP contribution in [0.1, 0.15) is 57.9 Å². The predicted octanol–water partition coefficient (Wildman–Crippen LogP) is 2.31. The fourth-order valence-corrected chi connectivity index (χ4v) is 5.43. The Labute approximate surface area is 141 Å². The van der Waals surface area contributed by atoms with Crippen LogP contribution in [0.4, 0.5) is 0 Å². The molecule has 0 radical (unpaired) electrons. The van der Waals surface area contributed by atoms with Gasteiger partial charge in [0.2, 0.25) is 0 Å². The highest BCUT2D eigenvalue weighted by molar-refractivity contribution is 6.05. The molecule has 0 saturated carbocycles. The van der Waals surface area contributed by atoms with E-state index in [-0.39, 0.29) is 28.3 Å². The van der Waals surface area contributed by atoms with Crippen LogP contribution < -0.4 is 0 Å². The van der Waals surface area contributed by atoms with E-state index in [1.165, 1.54) is 0 Å². The first-order valence-electron chi connectivity index (χ1n) is 9.10. The van der Waals surface area contributed by atoms with Gasteiger partial charge in [0.25, 0.3) is 5.91 Å². The van der Waals surface area contributed by atoms with Crippen LogP contribution in [0.25, 0.3) is 0 Å². The van der Waals surface area contributed by atoms with Gasteiger partial charge < -0.3 is 14.8 Å². The average molecular weight is 326 g/mol. The van der Waals surface area contributed by atoms with Crippen LogP contribution in [0.3, 0.4) is 0 Å². The van der Waals surface area contributed by atoms with Gasteiger partial charge in [0.15, 0.2) is 5.78 Å². The van der Waals surface area contributed by atoms with E-state index >= 15 is 0 Å². The fraction of sp³-hybridized carbons (Fsp3) is 0.579. The quantitative estimate of drug-likeness (QED) is 0.588. The van der Waals surface area contributed by atoms with E-state index in [9.17, 15) is 14.8 Å². The summed E-state index contributed by atoms with van der Waals surface area (Å²) < 4.78 is -0.124. The second-order valence-electron chi connectivity index (χ2n) is 7.98. The van der Waals surface area contributed by atoms with Gasteiger partial charge in [-0.2, -0.15) is 0 Å². The van der Waals surface area contributed by atoms with Gasteiger partial charge in [0.05, 0.1) is 25.7 Å². The van der Waals surface area contributed by atoms with E-state index in [4.69, 9.17) is 0 Å². The number of hydroxylamine groups is 3. The van der Waals surface area contributed by atoms with E-state index in [1.807, 2.05) is 23.1 Å². The second-order valence-corrected chi connectivity index (χ2v) is 7.98. The molecule has 126 valence electrons. The standard InChI is InChI=1S/C19H22N2O3/c22-17-5-4-13-10-20(16-11-21(24)8-6-12(16)7-9-21)19(23)15-3-1-2-14(17)18(13)15/h1-3,12-13,16H,4-11H2/t12?,13-,16?,21?/m1/s1. The molecule has 5 aliphatic rings. The molecule has 0 aromatic heterocycles. The highest BCUT2D eigenvalue weighted by Crippen LogP contribution is 2.42. The number of rotatable bonds is 1. The van der Waals surface area contributed by atoms with Crippen molar-refractivity contribution in [2.75, 3.05) is 26.2 Å². The van der Waals surface area contributed by atoms with E-state index in [0.29, 0.717) is 44.1 Å². The third-order valence-electron chi connectivity index (χ3n) is 6.72. The molecule has 24 heavy (non-hydrogen) atoms. The number of piperidine rings is 3. The molecule has 6 rings (SSSR count). The minimum Gasteiger partial charge on any atom is -0.633 e. The van der Waals surface area contributed by atoms with Gasteiger partial charge in [-0.3, -0.25) is 9.59 Å². The van der Waals surface area contributed by atoms with Crippen molar-refractivity contribution in [3.05, 3.63) is 40.1 Å². The predicted molar refractivity (Wildman–Crippen MR) is 88.5 cm³/mol. The maximum atomic E-state index is 13.1. The van der Waals surface area contributed by atoms with Gasteiger partial charge in [0, 0.05) is 42.9 Å². The zero-order chi connectivity index (χ0) is 16.5.